The average molecular weight is 256 g/mol. The number of hydrogen-bond donors (Lipinski definition) is 1. The van der Waals surface area contributed by atoms with Gasteiger partial charge in [-0.3, -0.25) is 9.69 Å². The summed E-state index contributed by atoms with van der Waals surface area (Å²) < 4.78 is 0. The zero-order valence-corrected chi connectivity index (χ0v) is 11.9. The maximum atomic E-state index is 12.0. The van der Waals surface area contributed by atoms with Crippen LogP contribution in [-0.2, 0) is 4.79 Å². The SMILES string of the molecule is CN1CCN(C(=O)CN(C)CCCCCN)CC1. The number of carbonyl (C=O) groups is 1. The van der Waals surface area contributed by atoms with Gasteiger partial charge in [-0.05, 0) is 40.0 Å². The molecule has 0 aliphatic carbocycles. The molecule has 5 nitrogen and oxygen atoms in total. The van der Waals surface area contributed by atoms with E-state index in [1.807, 2.05) is 11.9 Å². The molecule has 0 unspecified atom stereocenters. The van der Waals surface area contributed by atoms with Gasteiger partial charge in [-0.15, -0.1) is 0 Å². The summed E-state index contributed by atoms with van der Waals surface area (Å²) >= 11 is 0. The Labute approximate surface area is 111 Å². The standard InChI is InChI=1S/C13H28N4O/c1-15-8-10-17(11-9-15)13(18)12-16(2)7-5-3-4-6-14/h3-12,14H2,1-2H3. The third-order valence-corrected chi connectivity index (χ3v) is 3.51. The first-order valence-corrected chi connectivity index (χ1v) is 6.98. The van der Waals surface area contributed by atoms with Gasteiger partial charge in [-0.25, -0.2) is 0 Å². The molecule has 0 aromatic carbocycles. The van der Waals surface area contributed by atoms with Crippen molar-refractivity contribution >= 4 is 5.91 Å². The monoisotopic (exact) mass is 256 g/mol. The first-order valence-electron chi connectivity index (χ1n) is 6.98. The fourth-order valence-electron chi connectivity index (χ4n) is 2.17. The van der Waals surface area contributed by atoms with Crippen LogP contribution in [0.25, 0.3) is 0 Å². The summed E-state index contributed by atoms with van der Waals surface area (Å²) in [5.41, 5.74) is 5.46. The van der Waals surface area contributed by atoms with E-state index in [4.69, 9.17) is 5.73 Å². The van der Waals surface area contributed by atoms with E-state index >= 15 is 0 Å². The number of nitrogens with two attached hydrogens (primary N) is 1. The van der Waals surface area contributed by atoms with Crippen LogP contribution in [0, 0.1) is 0 Å². The highest BCUT2D eigenvalue weighted by Crippen LogP contribution is 2.02. The van der Waals surface area contributed by atoms with Crippen LogP contribution in [-0.4, -0.2) is 80.5 Å². The van der Waals surface area contributed by atoms with Gasteiger partial charge in [0, 0.05) is 26.2 Å². The second kappa shape index (κ2) is 8.45. The van der Waals surface area contributed by atoms with Crippen molar-refractivity contribution < 1.29 is 4.79 Å². The topological polar surface area (TPSA) is 52.8 Å². The Kier molecular flexibility index (Phi) is 7.23. The van der Waals surface area contributed by atoms with E-state index in [2.05, 4.69) is 16.8 Å². The van der Waals surface area contributed by atoms with Gasteiger partial charge in [-0.1, -0.05) is 6.42 Å². The predicted molar refractivity (Wildman–Crippen MR) is 74.5 cm³/mol. The summed E-state index contributed by atoms with van der Waals surface area (Å²) in [5.74, 6) is 0.268. The molecule has 1 aliphatic rings. The Balaban J connectivity index is 2.14. The third-order valence-electron chi connectivity index (χ3n) is 3.51. The zero-order valence-electron chi connectivity index (χ0n) is 11.9. The molecule has 18 heavy (non-hydrogen) atoms. The number of likely N-dealkylation sites (N-methyl/N-ethyl adjacent to an activating group) is 2. The second-order valence-electron chi connectivity index (χ2n) is 5.27. The highest BCUT2D eigenvalue weighted by molar-refractivity contribution is 5.78. The molecule has 0 saturated carbocycles. The number of rotatable bonds is 7. The average Bonchev–Trinajstić information content (AvgIpc) is 2.35. The number of carbonyl (C=O) groups excluding carboxylic acids is 1. The van der Waals surface area contributed by atoms with Gasteiger partial charge in [0.05, 0.1) is 6.54 Å². The van der Waals surface area contributed by atoms with Crippen LogP contribution < -0.4 is 5.73 Å². The highest BCUT2D eigenvalue weighted by atomic mass is 16.2. The minimum Gasteiger partial charge on any atom is -0.339 e. The molecule has 1 amide bonds. The molecule has 5 heteroatoms. The van der Waals surface area contributed by atoms with Crippen molar-refractivity contribution in [2.45, 2.75) is 19.3 Å². The lowest BCUT2D eigenvalue weighted by molar-refractivity contribution is -0.133. The normalized spacial score (nSPS) is 17.4. The van der Waals surface area contributed by atoms with Crippen LogP contribution in [0.4, 0.5) is 0 Å². The van der Waals surface area contributed by atoms with Gasteiger partial charge >= 0.3 is 0 Å². The van der Waals surface area contributed by atoms with Crippen molar-refractivity contribution in [2.75, 3.05) is 59.9 Å². The highest BCUT2D eigenvalue weighted by Gasteiger charge is 2.19. The van der Waals surface area contributed by atoms with Gasteiger partial charge < -0.3 is 15.5 Å². The lowest BCUT2D eigenvalue weighted by Crippen LogP contribution is -2.49. The quantitative estimate of drug-likeness (QED) is 0.642. The van der Waals surface area contributed by atoms with Crippen LogP contribution in [0.1, 0.15) is 19.3 Å². The lowest BCUT2D eigenvalue weighted by Gasteiger charge is -2.33. The van der Waals surface area contributed by atoms with Crippen molar-refractivity contribution in [3.8, 4) is 0 Å². The van der Waals surface area contributed by atoms with Crippen molar-refractivity contribution in [2.24, 2.45) is 5.73 Å². The summed E-state index contributed by atoms with van der Waals surface area (Å²) in [6.07, 6.45) is 3.37. The second-order valence-corrected chi connectivity index (χ2v) is 5.27. The van der Waals surface area contributed by atoms with Crippen LogP contribution in [0.15, 0.2) is 0 Å². The predicted octanol–water partition coefficient (Wildman–Crippen LogP) is -0.179. The molecule has 0 radical (unpaired) electrons. The Bertz CT molecular complexity index is 239. The summed E-state index contributed by atoms with van der Waals surface area (Å²) in [7, 11) is 4.13. The fourth-order valence-corrected chi connectivity index (χ4v) is 2.17. The van der Waals surface area contributed by atoms with E-state index in [1.165, 1.54) is 0 Å². The smallest absolute Gasteiger partial charge is 0.236 e. The molecule has 1 heterocycles. The lowest BCUT2D eigenvalue weighted by atomic mass is 10.2. The molecule has 1 fully saturated rings. The minimum absolute atomic E-state index is 0.268. The van der Waals surface area contributed by atoms with Gasteiger partial charge in [-0.2, -0.15) is 0 Å². The zero-order chi connectivity index (χ0) is 13.4. The molecule has 0 aromatic rings. The summed E-state index contributed by atoms with van der Waals surface area (Å²) in [6, 6.07) is 0. The molecular weight excluding hydrogens is 228 g/mol. The molecule has 0 atom stereocenters. The van der Waals surface area contributed by atoms with Crippen molar-refractivity contribution in [3.05, 3.63) is 0 Å². The van der Waals surface area contributed by atoms with E-state index in [-0.39, 0.29) is 5.91 Å². The number of piperazine rings is 1. The molecule has 2 N–H and O–H groups in total. The Morgan fingerprint density at radius 2 is 1.83 bits per heavy atom. The number of unbranched alkanes of at least 4 members (excludes halogenated alkanes) is 2. The molecular formula is C13H28N4O. The van der Waals surface area contributed by atoms with E-state index in [0.717, 1.165) is 58.5 Å². The van der Waals surface area contributed by atoms with Crippen LogP contribution in [0.3, 0.4) is 0 Å². The van der Waals surface area contributed by atoms with Gasteiger partial charge in [0.2, 0.25) is 5.91 Å². The Morgan fingerprint density at radius 3 is 2.44 bits per heavy atom. The molecule has 1 saturated heterocycles. The largest absolute Gasteiger partial charge is 0.339 e. The van der Waals surface area contributed by atoms with Gasteiger partial charge in [0.15, 0.2) is 0 Å². The molecule has 0 aromatic heterocycles. The summed E-state index contributed by atoms with van der Waals surface area (Å²) in [6.45, 7) is 6.03. The van der Waals surface area contributed by atoms with Crippen LogP contribution in [0.2, 0.25) is 0 Å². The summed E-state index contributed by atoms with van der Waals surface area (Å²) in [4.78, 5) is 18.4. The van der Waals surface area contributed by atoms with Crippen LogP contribution in [0.5, 0.6) is 0 Å². The molecule has 0 bridgehead atoms. The number of hydrogen-bond acceptors (Lipinski definition) is 4. The Morgan fingerprint density at radius 1 is 1.17 bits per heavy atom. The van der Waals surface area contributed by atoms with E-state index in [0.29, 0.717) is 6.54 Å². The fraction of sp³-hybridized carbons (Fsp3) is 0.923. The first-order chi connectivity index (χ1) is 8.63. The number of amides is 1. The minimum atomic E-state index is 0.268. The Hall–Kier alpha value is -0.650. The van der Waals surface area contributed by atoms with Gasteiger partial charge in [0.25, 0.3) is 0 Å². The molecule has 1 rings (SSSR count). The first kappa shape index (κ1) is 15.4. The van der Waals surface area contributed by atoms with Crippen LogP contribution >= 0.6 is 0 Å². The molecule has 1 aliphatic heterocycles. The van der Waals surface area contributed by atoms with E-state index in [1.54, 1.807) is 0 Å². The van der Waals surface area contributed by atoms with Crippen molar-refractivity contribution in [3.63, 3.8) is 0 Å². The van der Waals surface area contributed by atoms with Crippen molar-refractivity contribution in [1.29, 1.82) is 0 Å². The van der Waals surface area contributed by atoms with E-state index in [9.17, 15) is 4.79 Å². The number of nitrogens with zero attached hydrogens (tertiary/aromatic N) is 3. The third kappa shape index (κ3) is 5.80. The maximum absolute atomic E-state index is 12.0. The molecule has 0 spiro atoms. The summed E-state index contributed by atoms with van der Waals surface area (Å²) in [5, 5.41) is 0. The maximum Gasteiger partial charge on any atom is 0.236 e. The molecule has 106 valence electrons. The van der Waals surface area contributed by atoms with Gasteiger partial charge in [0.1, 0.15) is 0 Å². The van der Waals surface area contributed by atoms with E-state index < -0.39 is 0 Å². The van der Waals surface area contributed by atoms with Crippen molar-refractivity contribution in [1.82, 2.24) is 14.7 Å².